The van der Waals surface area contributed by atoms with E-state index in [0.29, 0.717) is 18.4 Å². The van der Waals surface area contributed by atoms with E-state index in [9.17, 15) is 28.8 Å². The first-order chi connectivity index (χ1) is 25.6. The third-order valence-corrected chi connectivity index (χ3v) is 8.29. The molecule has 1 aromatic heterocycles. The molecule has 15 heteroatoms. The molecule has 0 aliphatic rings. The molecule has 3 rings (SSSR count). The second-order valence-electron chi connectivity index (χ2n) is 14.0. The van der Waals surface area contributed by atoms with Gasteiger partial charge in [0.25, 0.3) is 5.89 Å². The van der Waals surface area contributed by atoms with Crippen LogP contribution in [0.2, 0.25) is 0 Å². The molecule has 5 atom stereocenters. The van der Waals surface area contributed by atoms with Gasteiger partial charge in [-0.05, 0) is 64.2 Å². The van der Waals surface area contributed by atoms with Crippen molar-refractivity contribution in [2.45, 2.75) is 117 Å². The number of rotatable bonds is 19. The normalized spacial score (nSPS) is 14.0. The maximum Gasteiger partial charge on any atom is 0.408 e. The van der Waals surface area contributed by atoms with Crippen LogP contribution in [0.4, 0.5) is 4.79 Å². The van der Waals surface area contributed by atoms with Crippen LogP contribution in [-0.4, -0.2) is 75.5 Å². The Morgan fingerprint density at radius 1 is 0.759 bits per heavy atom. The van der Waals surface area contributed by atoms with E-state index in [2.05, 4.69) is 31.5 Å². The van der Waals surface area contributed by atoms with Gasteiger partial charge in [-0.1, -0.05) is 82.1 Å². The Kier molecular flexibility index (Phi) is 16.3. The molecular formula is C39H52N6O9. The summed E-state index contributed by atoms with van der Waals surface area (Å²) in [5, 5.41) is 18.3. The van der Waals surface area contributed by atoms with Crippen molar-refractivity contribution in [3.8, 4) is 11.5 Å². The average molecular weight is 749 g/mol. The number of aromatic nitrogens is 2. The molecule has 15 nitrogen and oxygen atoms in total. The van der Waals surface area contributed by atoms with Crippen LogP contribution in [0.1, 0.15) is 96.8 Å². The molecule has 0 fully saturated rings. The Hall–Kier alpha value is -5.60. The van der Waals surface area contributed by atoms with E-state index in [-0.39, 0.29) is 43.6 Å². The van der Waals surface area contributed by atoms with Gasteiger partial charge in [0.05, 0.1) is 6.04 Å². The lowest BCUT2D eigenvalue weighted by molar-refractivity contribution is -0.155. The minimum absolute atomic E-state index is 0.0171. The lowest BCUT2D eigenvalue weighted by Gasteiger charge is -2.27. The van der Waals surface area contributed by atoms with Crippen molar-refractivity contribution in [3.05, 3.63) is 72.1 Å². The maximum absolute atomic E-state index is 13.7. The van der Waals surface area contributed by atoms with Crippen LogP contribution >= 0.6 is 0 Å². The number of carbonyl (C=O) groups excluding carboxylic acids is 6. The number of alkyl carbamates (subject to hydrolysis) is 1. The number of hydrogen-bond donors (Lipinski definition) is 4. The third-order valence-electron chi connectivity index (χ3n) is 8.29. The monoisotopic (exact) mass is 748 g/mol. The number of ketones is 1. The second kappa shape index (κ2) is 20.6. The summed E-state index contributed by atoms with van der Waals surface area (Å²) in [4.78, 5) is 79.4. The van der Waals surface area contributed by atoms with E-state index in [1.54, 1.807) is 76.2 Å². The lowest BCUT2D eigenvalue weighted by Crippen LogP contribution is -2.58. The summed E-state index contributed by atoms with van der Waals surface area (Å²) in [5.74, 6) is -3.83. The second-order valence-corrected chi connectivity index (χ2v) is 14.0. The molecule has 0 spiro atoms. The van der Waals surface area contributed by atoms with Gasteiger partial charge >= 0.3 is 12.1 Å². The zero-order valence-corrected chi connectivity index (χ0v) is 32.0. The van der Waals surface area contributed by atoms with Crippen molar-refractivity contribution >= 4 is 35.6 Å². The van der Waals surface area contributed by atoms with Gasteiger partial charge in [0, 0.05) is 12.0 Å². The fraction of sp³-hybridized carbons (Fsp3) is 0.487. The van der Waals surface area contributed by atoms with Crippen molar-refractivity contribution in [1.82, 2.24) is 31.5 Å². The van der Waals surface area contributed by atoms with Gasteiger partial charge in [-0.3, -0.25) is 24.0 Å². The van der Waals surface area contributed by atoms with Crippen LogP contribution in [0, 0.1) is 5.92 Å². The molecule has 4 N–H and O–H groups in total. The zero-order chi connectivity index (χ0) is 39.8. The topological polar surface area (TPSA) is 208 Å². The number of hydrogen-bond acceptors (Lipinski definition) is 11. The van der Waals surface area contributed by atoms with Gasteiger partial charge in [0.2, 0.25) is 29.4 Å². The van der Waals surface area contributed by atoms with Gasteiger partial charge < -0.3 is 35.2 Å². The fourth-order valence-corrected chi connectivity index (χ4v) is 5.18. The molecular weight excluding hydrogens is 696 g/mol. The third kappa shape index (κ3) is 13.7. The van der Waals surface area contributed by atoms with Crippen LogP contribution in [0.5, 0.6) is 0 Å². The van der Waals surface area contributed by atoms with Gasteiger partial charge in [-0.15, -0.1) is 10.2 Å². The van der Waals surface area contributed by atoms with E-state index in [1.807, 2.05) is 26.0 Å². The largest absolute Gasteiger partial charge is 0.460 e. The zero-order valence-electron chi connectivity index (χ0n) is 32.0. The van der Waals surface area contributed by atoms with Gasteiger partial charge in [0.1, 0.15) is 30.3 Å². The van der Waals surface area contributed by atoms with Crippen LogP contribution in [0.3, 0.4) is 0 Å². The molecule has 0 aliphatic heterocycles. The quantitative estimate of drug-likeness (QED) is 0.0980. The summed E-state index contributed by atoms with van der Waals surface area (Å²) >= 11 is 0. The summed E-state index contributed by atoms with van der Waals surface area (Å²) < 4.78 is 16.3. The first-order valence-electron chi connectivity index (χ1n) is 18.1. The molecule has 1 unspecified atom stereocenters. The SMILES string of the molecule is CCC[C@H](NC(=O)[C@H](C)NC(=O)[C@H](CCC(=O)OC(C)(C)C)NC(=O)[C@@H](NC(=O)OCc1ccccc1)C(C)CC)C(=O)c1nnc(-c2ccccc2)o1. The summed E-state index contributed by atoms with van der Waals surface area (Å²) in [7, 11) is 0. The molecule has 292 valence electrons. The smallest absolute Gasteiger partial charge is 0.408 e. The number of Topliss-reactive ketones (excluding diaryl/α,β-unsaturated/α-hetero) is 1. The van der Waals surface area contributed by atoms with Crippen molar-refractivity contribution in [2.75, 3.05) is 0 Å². The number of ether oxygens (including phenoxy) is 2. The molecule has 3 aromatic rings. The Morgan fingerprint density at radius 3 is 2.00 bits per heavy atom. The van der Waals surface area contributed by atoms with Gasteiger partial charge in [-0.2, -0.15) is 0 Å². The molecule has 1 heterocycles. The van der Waals surface area contributed by atoms with E-state index in [1.165, 1.54) is 6.92 Å². The highest BCUT2D eigenvalue weighted by atomic mass is 16.6. The number of carbonyl (C=O) groups is 6. The Labute approximate surface area is 315 Å². The summed E-state index contributed by atoms with van der Waals surface area (Å²) in [5.41, 5.74) is 0.596. The van der Waals surface area contributed by atoms with E-state index in [0.717, 1.165) is 5.56 Å². The molecule has 0 aliphatic carbocycles. The first-order valence-corrected chi connectivity index (χ1v) is 18.1. The van der Waals surface area contributed by atoms with Crippen LogP contribution < -0.4 is 21.3 Å². The molecule has 4 amide bonds. The fourth-order valence-electron chi connectivity index (χ4n) is 5.18. The summed E-state index contributed by atoms with van der Waals surface area (Å²) in [6.45, 7) is 11.9. The van der Waals surface area contributed by atoms with Crippen molar-refractivity contribution in [3.63, 3.8) is 0 Å². The van der Waals surface area contributed by atoms with Crippen molar-refractivity contribution in [1.29, 1.82) is 0 Å². The van der Waals surface area contributed by atoms with Crippen LogP contribution in [0.25, 0.3) is 11.5 Å². The highest BCUT2D eigenvalue weighted by Gasteiger charge is 2.33. The molecule has 0 radical (unpaired) electrons. The van der Waals surface area contributed by atoms with Gasteiger partial charge in [0.15, 0.2) is 0 Å². The Morgan fingerprint density at radius 2 is 1.39 bits per heavy atom. The van der Waals surface area contributed by atoms with E-state index < -0.39 is 65.3 Å². The summed E-state index contributed by atoms with van der Waals surface area (Å²) in [6.07, 6.45) is 0.0374. The number of amides is 4. The highest BCUT2D eigenvalue weighted by Crippen LogP contribution is 2.19. The minimum Gasteiger partial charge on any atom is -0.460 e. The molecule has 0 saturated heterocycles. The minimum atomic E-state index is -1.31. The number of nitrogens with one attached hydrogen (secondary N) is 4. The molecule has 0 bridgehead atoms. The van der Waals surface area contributed by atoms with Crippen molar-refractivity contribution in [2.24, 2.45) is 5.92 Å². The van der Waals surface area contributed by atoms with E-state index >= 15 is 0 Å². The maximum atomic E-state index is 13.7. The van der Waals surface area contributed by atoms with Crippen molar-refractivity contribution < 1.29 is 42.7 Å². The first kappa shape index (κ1) is 42.8. The highest BCUT2D eigenvalue weighted by molar-refractivity contribution is 6.00. The Balaban J connectivity index is 1.72. The molecule has 2 aromatic carbocycles. The number of benzene rings is 2. The molecule has 54 heavy (non-hydrogen) atoms. The Bertz CT molecular complexity index is 1710. The predicted molar refractivity (Wildman–Crippen MR) is 199 cm³/mol. The van der Waals surface area contributed by atoms with Crippen LogP contribution in [-0.2, 0) is 35.3 Å². The van der Waals surface area contributed by atoms with Crippen LogP contribution in [0.15, 0.2) is 65.1 Å². The predicted octanol–water partition coefficient (Wildman–Crippen LogP) is 4.66. The number of nitrogens with zero attached hydrogens (tertiary/aromatic N) is 2. The standard InChI is InChI=1S/C39H52N6O9/c1-8-16-28(32(47)37-45-44-36(53-37)27-19-14-11-15-20-27)41-33(48)25(4)40-34(49)29(21-22-30(46)54-39(5,6)7)42-35(50)31(24(3)9-2)43-38(51)52-23-26-17-12-10-13-18-26/h10-15,17-20,24-25,28-29,31H,8-9,16,21-23H2,1-7H3,(H,40,49)(H,41,48)(H,42,50)(H,43,51)/t24?,25-,28-,29-,31-/m0/s1. The average Bonchev–Trinajstić information content (AvgIpc) is 3.64. The summed E-state index contributed by atoms with van der Waals surface area (Å²) in [6, 6.07) is 13.3. The van der Waals surface area contributed by atoms with Gasteiger partial charge in [-0.25, -0.2) is 4.79 Å². The van der Waals surface area contributed by atoms with E-state index in [4.69, 9.17) is 13.9 Å². The number of esters is 1. The lowest BCUT2D eigenvalue weighted by atomic mass is 9.97. The molecule has 0 saturated carbocycles.